The quantitative estimate of drug-likeness (QED) is 0.813. The molecule has 1 N–H and O–H groups in total. The Bertz CT molecular complexity index is 906. The van der Waals surface area contributed by atoms with E-state index in [-0.39, 0.29) is 11.9 Å². The van der Waals surface area contributed by atoms with Crippen LogP contribution in [-0.4, -0.2) is 37.8 Å². The first-order valence-corrected chi connectivity index (χ1v) is 12.4. The molecule has 29 heavy (non-hydrogen) atoms. The maximum absolute atomic E-state index is 13.2. The van der Waals surface area contributed by atoms with Gasteiger partial charge in [-0.1, -0.05) is 39.2 Å². The molecule has 2 aliphatic carbocycles. The van der Waals surface area contributed by atoms with Crippen LogP contribution in [0, 0.1) is 11.8 Å². The van der Waals surface area contributed by atoms with Gasteiger partial charge >= 0.3 is 0 Å². The zero-order valence-corrected chi connectivity index (χ0v) is 18.3. The molecule has 0 bridgehead atoms. The predicted octanol–water partition coefficient (Wildman–Crippen LogP) is 3.74. The summed E-state index contributed by atoms with van der Waals surface area (Å²) in [7, 11) is -3.51. The van der Waals surface area contributed by atoms with Crippen LogP contribution in [0.3, 0.4) is 0 Å². The summed E-state index contributed by atoms with van der Waals surface area (Å²) >= 11 is 0. The molecule has 1 aliphatic heterocycles. The van der Waals surface area contributed by atoms with Gasteiger partial charge in [0.25, 0.3) is 0 Å². The summed E-state index contributed by atoms with van der Waals surface area (Å²) < 4.78 is 28.0. The van der Waals surface area contributed by atoms with Crippen LogP contribution in [0.15, 0.2) is 28.7 Å². The van der Waals surface area contributed by atoms with Gasteiger partial charge in [0.05, 0.1) is 4.90 Å². The third-order valence-electron chi connectivity index (χ3n) is 6.53. The zero-order valence-electron chi connectivity index (χ0n) is 17.5. The topological polar surface area (TPSA) is 66.5 Å². The Morgan fingerprint density at radius 1 is 1.07 bits per heavy atom. The molecule has 158 valence electrons. The van der Waals surface area contributed by atoms with E-state index in [1.165, 1.54) is 19.3 Å². The maximum Gasteiger partial charge on any atom is 0.247 e. The summed E-state index contributed by atoms with van der Waals surface area (Å²) in [6, 6.07) is 5.60. The van der Waals surface area contributed by atoms with Crippen LogP contribution >= 0.6 is 0 Å². The molecule has 3 aliphatic rings. The number of hydrogen-bond acceptors (Lipinski definition) is 3. The molecule has 1 aromatic carbocycles. The van der Waals surface area contributed by atoms with Crippen molar-refractivity contribution in [1.29, 1.82) is 0 Å². The second-order valence-corrected chi connectivity index (χ2v) is 11.2. The van der Waals surface area contributed by atoms with E-state index in [0.29, 0.717) is 36.2 Å². The standard InChI is InChI=1S/C23H32N2O3S/c1-16-10-17(2)15-25(14-16)29(27,28)22-9-8-18-11-20(12-19(18)13-22)23(26)24-21-6-4-3-5-7-21/h8-9,12-13,16-17,21H,3-7,10-11,14-15H2,1-2H3,(H,24,26). The van der Waals surface area contributed by atoms with Crippen molar-refractivity contribution in [3.63, 3.8) is 0 Å². The van der Waals surface area contributed by atoms with E-state index >= 15 is 0 Å². The van der Waals surface area contributed by atoms with Gasteiger partial charge < -0.3 is 5.32 Å². The largest absolute Gasteiger partial charge is 0.350 e. The van der Waals surface area contributed by atoms with Crippen LogP contribution in [0.1, 0.15) is 63.5 Å². The van der Waals surface area contributed by atoms with Crippen molar-refractivity contribution in [1.82, 2.24) is 9.62 Å². The zero-order chi connectivity index (χ0) is 20.6. The van der Waals surface area contributed by atoms with Crippen molar-refractivity contribution in [3.05, 3.63) is 34.9 Å². The maximum atomic E-state index is 13.2. The Hall–Kier alpha value is -1.66. The molecule has 2 unspecified atom stereocenters. The lowest BCUT2D eigenvalue weighted by atomic mass is 9.94. The Balaban J connectivity index is 1.50. The van der Waals surface area contributed by atoms with Crippen LogP contribution in [0.25, 0.3) is 6.08 Å². The second kappa shape index (κ2) is 8.23. The molecule has 6 heteroatoms. The molecule has 4 rings (SSSR count). The third kappa shape index (κ3) is 4.43. The molecule has 0 spiro atoms. The lowest BCUT2D eigenvalue weighted by Gasteiger charge is -2.34. The van der Waals surface area contributed by atoms with E-state index in [1.807, 2.05) is 12.1 Å². The number of amides is 1. The molecule has 1 amide bonds. The smallest absolute Gasteiger partial charge is 0.247 e. The fourth-order valence-corrected chi connectivity index (χ4v) is 6.81. The summed E-state index contributed by atoms with van der Waals surface area (Å²) in [5, 5.41) is 3.17. The van der Waals surface area contributed by atoms with Crippen molar-refractivity contribution in [2.75, 3.05) is 13.1 Å². The lowest BCUT2D eigenvalue weighted by molar-refractivity contribution is -0.118. The predicted molar refractivity (Wildman–Crippen MR) is 115 cm³/mol. The number of nitrogens with one attached hydrogen (secondary N) is 1. The van der Waals surface area contributed by atoms with Crippen molar-refractivity contribution in [2.24, 2.45) is 11.8 Å². The highest BCUT2D eigenvalue weighted by atomic mass is 32.2. The first kappa shape index (κ1) is 20.6. The van der Waals surface area contributed by atoms with Crippen molar-refractivity contribution < 1.29 is 13.2 Å². The van der Waals surface area contributed by atoms with E-state index < -0.39 is 10.0 Å². The molecule has 5 nitrogen and oxygen atoms in total. The minimum atomic E-state index is -3.51. The van der Waals surface area contributed by atoms with Gasteiger partial charge in [0, 0.05) is 31.1 Å². The van der Waals surface area contributed by atoms with Gasteiger partial charge in [-0.3, -0.25) is 4.79 Å². The van der Waals surface area contributed by atoms with Gasteiger partial charge in [-0.2, -0.15) is 4.31 Å². The number of sulfonamides is 1. The molecular formula is C23H32N2O3S. The van der Waals surface area contributed by atoms with Crippen molar-refractivity contribution >= 4 is 22.0 Å². The van der Waals surface area contributed by atoms with Gasteiger partial charge in [-0.25, -0.2) is 8.42 Å². The van der Waals surface area contributed by atoms with Crippen LogP contribution < -0.4 is 5.32 Å². The molecular weight excluding hydrogens is 384 g/mol. The summed E-state index contributed by atoms with van der Waals surface area (Å²) in [6.07, 6.45) is 9.24. The second-order valence-electron chi connectivity index (χ2n) is 9.28. The van der Waals surface area contributed by atoms with Gasteiger partial charge in [-0.15, -0.1) is 0 Å². The SMILES string of the molecule is CC1CC(C)CN(S(=O)(=O)c2ccc3c(c2)C=C(C(=O)NC2CCCCC2)C3)C1. The molecule has 1 saturated heterocycles. The molecule has 2 atom stereocenters. The van der Waals surface area contributed by atoms with Gasteiger partial charge in [0.15, 0.2) is 0 Å². The Kier molecular flexibility index (Phi) is 5.85. The van der Waals surface area contributed by atoms with Gasteiger partial charge in [0.2, 0.25) is 15.9 Å². The van der Waals surface area contributed by atoms with E-state index in [0.717, 1.165) is 36.0 Å². The van der Waals surface area contributed by atoms with Crippen LogP contribution in [0.2, 0.25) is 0 Å². The van der Waals surface area contributed by atoms with Crippen LogP contribution in [0.5, 0.6) is 0 Å². The average Bonchev–Trinajstić information content (AvgIpc) is 3.11. The summed E-state index contributed by atoms with van der Waals surface area (Å²) in [4.78, 5) is 13.0. The summed E-state index contributed by atoms with van der Waals surface area (Å²) in [5.41, 5.74) is 2.62. The molecule has 0 aromatic heterocycles. The number of benzene rings is 1. The summed E-state index contributed by atoms with van der Waals surface area (Å²) in [5.74, 6) is 0.743. The van der Waals surface area contributed by atoms with E-state index in [9.17, 15) is 13.2 Å². The summed E-state index contributed by atoms with van der Waals surface area (Å²) in [6.45, 7) is 5.38. The minimum absolute atomic E-state index is 0.00353. The number of fused-ring (bicyclic) bond motifs is 1. The first-order valence-electron chi connectivity index (χ1n) is 11.0. The third-order valence-corrected chi connectivity index (χ3v) is 8.36. The number of nitrogens with zero attached hydrogens (tertiary/aromatic N) is 1. The van der Waals surface area contributed by atoms with Crippen LogP contribution in [0.4, 0.5) is 0 Å². The molecule has 2 fully saturated rings. The normalized spacial score (nSPS) is 26.1. The lowest BCUT2D eigenvalue weighted by Crippen LogP contribution is -2.42. The van der Waals surface area contributed by atoms with E-state index in [1.54, 1.807) is 16.4 Å². The molecule has 1 saturated carbocycles. The number of carbonyl (C=O) groups excluding carboxylic acids is 1. The van der Waals surface area contributed by atoms with Crippen LogP contribution in [-0.2, 0) is 21.2 Å². The number of hydrogen-bond donors (Lipinski definition) is 1. The highest BCUT2D eigenvalue weighted by Gasteiger charge is 2.32. The van der Waals surface area contributed by atoms with Gasteiger partial charge in [-0.05, 0) is 60.4 Å². The molecule has 1 aromatic rings. The Morgan fingerprint density at radius 2 is 1.76 bits per heavy atom. The average molecular weight is 417 g/mol. The van der Waals surface area contributed by atoms with Crippen molar-refractivity contribution in [2.45, 2.75) is 69.7 Å². The number of carbonyl (C=O) groups is 1. The first-order chi connectivity index (χ1) is 13.8. The van der Waals surface area contributed by atoms with E-state index in [2.05, 4.69) is 19.2 Å². The fraction of sp³-hybridized carbons (Fsp3) is 0.609. The molecule has 0 radical (unpaired) electrons. The van der Waals surface area contributed by atoms with Crippen molar-refractivity contribution in [3.8, 4) is 0 Å². The highest BCUT2D eigenvalue weighted by molar-refractivity contribution is 7.89. The number of rotatable bonds is 4. The minimum Gasteiger partial charge on any atom is -0.350 e. The van der Waals surface area contributed by atoms with E-state index in [4.69, 9.17) is 0 Å². The fourth-order valence-electron chi connectivity index (χ4n) is 5.09. The van der Waals surface area contributed by atoms with Gasteiger partial charge in [0.1, 0.15) is 0 Å². The Morgan fingerprint density at radius 3 is 2.45 bits per heavy atom. The highest BCUT2D eigenvalue weighted by Crippen LogP contribution is 2.31. The monoisotopic (exact) mass is 416 g/mol. The number of piperidine rings is 1. The Labute approximate surface area is 174 Å². The molecule has 1 heterocycles.